The Morgan fingerprint density at radius 2 is 2.09 bits per heavy atom. The van der Waals surface area contributed by atoms with Gasteiger partial charge in [0.15, 0.2) is 5.78 Å². The van der Waals surface area contributed by atoms with Crippen LogP contribution in [0, 0.1) is 15.5 Å². The highest BCUT2D eigenvalue weighted by molar-refractivity contribution is 6.06. The van der Waals surface area contributed by atoms with E-state index in [2.05, 4.69) is 0 Å². The van der Waals surface area contributed by atoms with Crippen molar-refractivity contribution in [3.63, 3.8) is 0 Å². The second-order valence-corrected chi connectivity index (χ2v) is 5.45. The summed E-state index contributed by atoms with van der Waals surface area (Å²) >= 11 is 0. The van der Waals surface area contributed by atoms with Gasteiger partial charge in [-0.2, -0.15) is 0 Å². The molecule has 118 valence electrons. The molecule has 1 aromatic carbocycles. The predicted octanol–water partition coefficient (Wildman–Crippen LogP) is 2.35. The maximum Gasteiger partial charge on any atom is 0.320 e. The minimum absolute atomic E-state index is 0.147. The van der Waals surface area contributed by atoms with E-state index in [0.717, 1.165) is 0 Å². The van der Waals surface area contributed by atoms with Crippen LogP contribution in [0.25, 0.3) is 0 Å². The van der Waals surface area contributed by atoms with Crippen molar-refractivity contribution in [1.29, 1.82) is 0 Å². The lowest BCUT2D eigenvalue weighted by atomic mass is 9.70. The third-order valence-electron chi connectivity index (χ3n) is 4.24. The summed E-state index contributed by atoms with van der Waals surface area (Å²) < 4.78 is 5.10. The number of hydrogen-bond donors (Lipinski definition) is 0. The molecule has 2 rings (SSSR count). The van der Waals surface area contributed by atoms with Gasteiger partial charge in [-0.3, -0.25) is 19.7 Å². The van der Waals surface area contributed by atoms with E-state index >= 15 is 0 Å². The number of hydrogen-bond acceptors (Lipinski definition) is 5. The van der Waals surface area contributed by atoms with Gasteiger partial charge in [0, 0.05) is 11.3 Å². The van der Waals surface area contributed by atoms with Gasteiger partial charge < -0.3 is 4.74 Å². The van der Waals surface area contributed by atoms with Crippen LogP contribution in [0.5, 0.6) is 0 Å². The van der Waals surface area contributed by atoms with Crippen molar-refractivity contribution in [2.24, 2.45) is 5.41 Å². The maximum atomic E-state index is 12.5. The van der Waals surface area contributed by atoms with Crippen LogP contribution >= 0.6 is 0 Å². The average Bonchev–Trinajstić information content (AvgIpc) is 2.88. The van der Waals surface area contributed by atoms with Crippen molar-refractivity contribution in [1.82, 2.24) is 0 Å². The molecule has 22 heavy (non-hydrogen) atoms. The molecule has 0 unspecified atom stereocenters. The second-order valence-electron chi connectivity index (χ2n) is 5.45. The van der Waals surface area contributed by atoms with Crippen LogP contribution in [0.2, 0.25) is 0 Å². The lowest BCUT2D eigenvalue weighted by Crippen LogP contribution is -2.44. The van der Waals surface area contributed by atoms with Crippen molar-refractivity contribution in [3.05, 3.63) is 46.0 Å². The summed E-state index contributed by atoms with van der Waals surface area (Å²) in [5.41, 5.74) is -0.799. The molecule has 1 saturated carbocycles. The Hall–Kier alpha value is -2.24. The highest BCUT2D eigenvalue weighted by Gasteiger charge is 2.57. The number of esters is 1. The highest BCUT2D eigenvalue weighted by atomic mass is 16.6. The van der Waals surface area contributed by atoms with Crippen LogP contribution < -0.4 is 0 Å². The minimum Gasteiger partial charge on any atom is -0.465 e. The molecular weight excluding hydrogens is 286 g/mol. The molecule has 1 aliphatic carbocycles. The van der Waals surface area contributed by atoms with Crippen molar-refractivity contribution < 1.29 is 19.2 Å². The number of nitrogens with zero attached hydrogens (tertiary/aromatic N) is 1. The molecular formula is C16H19NO5. The third-order valence-corrected chi connectivity index (χ3v) is 4.24. The number of rotatable bonds is 6. The van der Waals surface area contributed by atoms with E-state index in [-0.39, 0.29) is 18.8 Å². The average molecular weight is 305 g/mol. The predicted molar refractivity (Wildman–Crippen MR) is 79.0 cm³/mol. The van der Waals surface area contributed by atoms with Crippen LogP contribution in [0.4, 0.5) is 0 Å². The third kappa shape index (κ3) is 2.86. The highest BCUT2D eigenvalue weighted by Crippen LogP contribution is 2.47. The van der Waals surface area contributed by atoms with Gasteiger partial charge >= 0.3 is 5.97 Å². The number of carbonyl (C=O) groups excluding carboxylic acids is 2. The van der Waals surface area contributed by atoms with Crippen LogP contribution in [-0.4, -0.2) is 29.8 Å². The Morgan fingerprint density at radius 1 is 1.41 bits per heavy atom. The first-order valence-electron chi connectivity index (χ1n) is 7.39. The van der Waals surface area contributed by atoms with Crippen molar-refractivity contribution in [2.45, 2.75) is 32.1 Å². The summed E-state index contributed by atoms with van der Waals surface area (Å²) in [5.74, 6) is -1.67. The summed E-state index contributed by atoms with van der Waals surface area (Å²) in [5, 5.41) is 11.1. The van der Waals surface area contributed by atoms with Crippen LogP contribution in [0.1, 0.15) is 37.7 Å². The van der Waals surface area contributed by atoms with E-state index in [1.54, 1.807) is 37.3 Å². The number of ketones is 1. The second kappa shape index (κ2) is 6.68. The molecule has 0 radical (unpaired) electrons. The standard InChI is InChI=1S/C16H19NO5/c1-2-22-15(19)16(10-6-9-14(16)18)13(11-17(20)21)12-7-4-3-5-8-12/h3-5,7-8,13H,2,6,9-11H2,1H3/t13-,16+/m1/s1. The summed E-state index contributed by atoms with van der Waals surface area (Å²) in [6.07, 6.45) is 1.12. The van der Waals surface area contributed by atoms with E-state index in [1.807, 2.05) is 0 Å². The van der Waals surface area contributed by atoms with Gasteiger partial charge in [0.2, 0.25) is 6.54 Å². The van der Waals surface area contributed by atoms with Crippen molar-refractivity contribution in [2.75, 3.05) is 13.2 Å². The monoisotopic (exact) mass is 305 g/mol. The Balaban J connectivity index is 2.51. The SMILES string of the molecule is CCOC(=O)[C@]1([C@H](C[N+](=O)[O-])c2ccccc2)CCCC1=O. The molecule has 0 bridgehead atoms. The van der Waals surface area contributed by atoms with Gasteiger partial charge in [0.25, 0.3) is 0 Å². The molecule has 1 fully saturated rings. The Morgan fingerprint density at radius 3 is 2.59 bits per heavy atom. The van der Waals surface area contributed by atoms with Gasteiger partial charge in [-0.15, -0.1) is 0 Å². The van der Waals surface area contributed by atoms with E-state index < -0.39 is 28.8 Å². The van der Waals surface area contributed by atoms with E-state index in [4.69, 9.17) is 4.74 Å². The molecule has 1 aromatic rings. The largest absolute Gasteiger partial charge is 0.465 e. The zero-order valence-electron chi connectivity index (χ0n) is 12.5. The van der Waals surface area contributed by atoms with Gasteiger partial charge in [-0.1, -0.05) is 30.3 Å². The molecule has 0 heterocycles. The molecule has 0 amide bonds. The molecule has 1 aliphatic rings. The lowest BCUT2D eigenvalue weighted by Gasteiger charge is -2.31. The fourth-order valence-corrected chi connectivity index (χ4v) is 3.26. The topological polar surface area (TPSA) is 86.5 Å². The first-order chi connectivity index (χ1) is 10.5. The maximum absolute atomic E-state index is 12.5. The fraction of sp³-hybridized carbons (Fsp3) is 0.500. The van der Waals surface area contributed by atoms with Crippen LogP contribution in [0.3, 0.4) is 0 Å². The number of nitro groups is 1. The Kier molecular flexibility index (Phi) is 4.90. The first-order valence-corrected chi connectivity index (χ1v) is 7.39. The van der Waals surface area contributed by atoms with Crippen LogP contribution in [0.15, 0.2) is 30.3 Å². The molecule has 0 saturated heterocycles. The number of benzene rings is 1. The molecule has 6 heteroatoms. The molecule has 0 spiro atoms. The van der Waals surface area contributed by atoms with Gasteiger partial charge in [0.05, 0.1) is 12.5 Å². The van der Waals surface area contributed by atoms with Crippen LogP contribution in [-0.2, 0) is 14.3 Å². The summed E-state index contributed by atoms with van der Waals surface area (Å²) in [6.45, 7) is 1.35. The Labute approximate surface area is 128 Å². The normalized spacial score (nSPS) is 22.3. The molecule has 0 aliphatic heterocycles. The van der Waals surface area contributed by atoms with Crippen molar-refractivity contribution in [3.8, 4) is 0 Å². The number of ether oxygens (including phenoxy) is 1. The zero-order chi connectivity index (χ0) is 16.2. The van der Waals surface area contributed by atoms with Gasteiger partial charge in [-0.25, -0.2) is 0 Å². The van der Waals surface area contributed by atoms with Gasteiger partial charge in [0.1, 0.15) is 5.41 Å². The number of carbonyl (C=O) groups is 2. The summed E-state index contributed by atoms with van der Waals surface area (Å²) in [6, 6.07) is 8.74. The van der Waals surface area contributed by atoms with Gasteiger partial charge in [-0.05, 0) is 25.3 Å². The summed E-state index contributed by atoms with van der Waals surface area (Å²) in [4.78, 5) is 35.6. The fourth-order valence-electron chi connectivity index (χ4n) is 3.26. The van der Waals surface area contributed by atoms with E-state index in [0.29, 0.717) is 18.4 Å². The first kappa shape index (κ1) is 16.1. The van der Waals surface area contributed by atoms with Crippen molar-refractivity contribution >= 4 is 11.8 Å². The van der Waals surface area contributed by atoms with E-state index in [9.17, 15) is 19.7 Å². The quantitative estimate of drug-likeness (QED) is 0.348. The smallest absolute Gasteiger partial charge is 0.320 e. The zero-order valence-corrected chi connectivity index (χ0v) is 12.5. The molecule has 0 N–H and O–H groups in total. The van der Waals surface area contributed by atoms with E-state index in [1.165, 1.54) is 0 Å². The Bertz CT molecular complexity index is 571. The lowest BCUT2D eigenvalue weighted by molar-refractivity contribution is -0.485. The molecule has 2 atom stereocenters. The number of Topliss-reactive ketones (excluding diaryl/α,β-unsaturated/α-hetero) is 1. The summed E-state index contributed by atoms with van der Waals surface area (Å²) in [7, 11) is 0. The molecule has 6 nitrogen and oxygen atoms in total. The minimum atomic E-state index is -1.43. The molecule has 0 aromatic heterocycles.